The van der Waals surface area contributed by atoms with Gasteiger partial charge in [0.1, 0.15) is 30.6 Å². The van der Waals surface area contributed by atoms with Crippen LogP contribution < -0.4 is 19.9 Å². The number of hydrogen-bond acceptors (Lipinski definition) is 9. The first-order valence-electron chi connectivity index (χ1n) is 10.7. The number of rotatable bonds is 13. The molecular weight excluding hydrogens is 602 g/mol. The van der Waals surface area contributed by atoms with Gasteiger partial charge in [-0.1, -0.05) is 0 Å². The Morgan fingerprint density at radius 2 is 1.43 bits per heavy atom. The summed E-state index contributed by atoms with van der Waals surface area (Å²) in [5, 5.41) is 10.9. The number of benzene rings is 2. The summed E-state index contributed by atoms with van der Waals surface area (Å²) in [4.78, 5) is 9.81. The molecule has 0 unspecified atom stereocenters. The molecule has 0 heterocycles. The lowest BCUT2D eigenvalue weighted by Crippen LogP contribution is -2.42. The predicted molar refractivity (Wildman–Crippen MR) is 128 cm³/mol. The second kappa shape index (κ2) is 12.4. The molecule has 0 spiro atoms. The van der Waals surface area contributed by atoms with Gasteiger partial charge in [-0.15, -0.1) is 0 Å². The molecular formula is C20H22F6N4O8S2. The van der Waals surface area contributed by atoms with E-state index in [1.54, 1.807) is 0 Å². The highest BCUT2D eigenvalue weighted by Crippen LogP contribution is 2.35. The monoisotopic (exact) mass is 624 g/mol. The number of nitro groups is 1. The standard InChI is InChI=1S/C20H22F6N4O8S2/c1-39(33,34)29(3-5-38-17-8-13(19(21,22)23)6-15(27)10-17)12-40(35,36)28-2-4-37-18-9-14(20(24,25)26)7-16(11-18)30(31)32/h6-11,28H,2-5,12,27H2,1H3. The highest BCUT2D eigenvalue weighted by Gasteiger charge is 2.33. The first-order chi connectivity index (χ1) is 18.2. The maximum Gasteiger partial charge on any atom is 0.416 e. The first kappa shape index (κ1) is 32.8. The minimum Gasteiger partial charge on any atom is -0.492 e. The normalized spacial score (nSPS) is 12.9. The van der Waals surface area contributed by atoms with Crippen molar-refractivity contribution in [2.24, 2.45) is 0 Å². The van der Waals surface area contributed by atoms with Crippen LogP contribution in [0.25, 0.3) is 0 Å². The Morgan fingerprint density at radius 3 is 1.95 bits per heavy atom. The SMILES string of the molecule is CS(=O)(=O)N(CCOc1cc(N)cc(C(F)(F)F)c1)CS(=O)(=O)NCCOc1cc([N+](=O)[O-])cc(C(F)(F)F)c1. The summed E-state index contributed by atoms with van der Waals surface area (Å²) in [6.07, 6.45) is -8.97. The molecule has 0 aliphatic carbocycles. The van der Waals surface area contributed by atoms with Crippen LogP contribution in [0.15, 0.2) is 36.4 Å². The van der Waals surface area contributed by atoms with Crippen molar-refractivity contribution in [2.75, 3.05) is 44.2 Å². The summed E-state index contributed by atoms with van der Waals surface area (Å²) in [5.41, 5.74) is 1.75. The smallest absolute Gasteiger partial charge is 0.416 e. The molecule has 12 nitrogen and oxygen atoms in total. The van der Waals surface area contributed by atoms with Crippen molar-refractivity contribution < 1.29 is 57.6 Å². The van der Waals surface area contributed by atoms with Crippen LogP contribution in [0.3, 0.4) is 0 Å². The molecule has 0 aromatic heterocycles. The molecule has 0 atom stereocenters. The number of nitro benzene ring substituents is 1. The summed E-state index contributed by atoms with van der Waals surface area (Å²) < 4.78 is 139. The number of alkyl halides is 6. The lowest BCUT2D eigenvalue weighted by Gasteiger charge is -2.20. The summed E-state index contributed by atoms with van der Waals surface area (Å²) in [6.45, 7) is -2.30. The van der Waals surface area contributed by atoms with E-state index in [-0.39, 0.29) is 11.4 Å². The van der Waals surface area contributed by atoms with E-state index in [0.717, 1.165) is 6.07 Å². The van der Waals surface area contributed by atoms with Crippen LogP contribution in [-0.2, 0) is 32.4 Å². The molecule has 20 heteroatoms. The molecule has 2 aromatic carbocycles. The zero-order valence-corrected chi connectivity index (χ0v) is 22.0. The fourth-order valence-corrected chi connectivity index (χ4v) is 5.58. The van der Waals surface area contributed by atoms with Crippen molar-refractivity contribution in [2.45, 2.75) is 12.4 Å². The van der Waals surface area contributed by atoms with E-state index in [0.29, 0.717) is 40.9 Å². The van der Waals surface area contributed by atoms with Crippen LogP contribution >= 0.6 is 0 Å². The van der Waals surface area contributed by atoms with Gasteiger partial charge in [0.15, 0.2) is 0 Å². The lowest BCUT2D eigenvalue weighted by molar-refractivity contribution is -0.385. The van der Waals surface area contributed by atoms with Crippen molar-refractivity contribution in [3.05, 3.63) is 57.6 Å². The van der Waals surface area contributed by atoms with E-state index in [1.807, 2.05) is 4.72 Å². The second-order valence-corrected chi connectivity index (χ2v) is 11.8. The highest BCUT2D eigenvalue weighted by atomic mass is 32.2. The third-order valence-electron chi connectivity index (χ3n) is 4.77. The fraction of sp³-hybridized carbons (Fsp3) is 0.400. The third kappa shape index (κ3) is 10.3. The van der Waals surface area contributed by atoms with E-state index < -0.39 is 92.1 Å². The Balaban J connectivity index is 1.99. The quantitative estimate of drug-likeness (QED) is 0.112. The van der Waals surface area contributed by atoms with Gasteiger partial charge in [-0.25, -0.2) is 21.6 Å². The number of sulfonamides is 2. The molecule has 2 rings (SSSR count). The van der Waals surface area contributed by atoms with E-state index in [9.17, 15) is 53.3 Å². The minimum absolute atomic E-state index is 0.279. The number of non-ortho nitro benzene ring substituents is 1. The maximum absolute atomic E-state index is 13.0. The van der Waals surface area contributed by atoms with Gasteiger partial charge in [0.2, 0.25) is 20.0 Å². The molecule has 0 bridgehead atoms. The number of nitrogens with two attached hydrogens (primary N) is 1. The topological polar surface area (TPSA) is 171 Å². The van der Waals surface area contributed by atoms with Gasteiger partial charge in [-0.2, -0.15) is 30.6 Å². The molecule has 0 saturated heterocycles. The molecule has 0 amide bonds. The number of ether oxygens (including phenoxy) is 2. The fourth-order valence-electron chi connectivity index (χ4n) is 3.00. The Bertz CT molecular complexity index is 1430. The average molecular weight is 625 g/mol. The van der Waals surface area contributed by atoms with Gasteiger partial charge in [0, 0.05) is 30.9 Å². The predicted octanol–water partition coefficient (Wildman–Crippen LogP) is 2.81. The van der Waals surface area contributed by atoms with Crippen LogP contribution in [0.4, 0.5) is 37.7 Å². The minimum atomic E-state index is -4.92. The largest absolute Gasteiger partial charge is 0.492 e. The summed E-state index contributed by atoms with van der Waals surface area (Å²) >= 11 is 0. The summed E-state index contributed by atoms with van der Waals surface area (Å²) in [7, 11) is -8.56. The average Bonchev–Trinajstić information content (AvgIpc) is 2.79. The number of hydrogen-bond donors (Lipinski definition) is 2. The van der Waals surface area contributed by atoms with E-state index >= 15 is 0 Å². The van der Waals surface area contributed by atoms with Gasteiger partial charge in [0.05, 0.1) is 28.4 Å². The van der Waals surface area contributed by atoms with E-state index in [1.165, 1.54) is 0 Å². The van der Waals surface area contributed by atoms with Gasteiger partial charge < -0.3 is 15.2 Å². The van der Waals surface area contributed by atoms with Gasteiger partial charge in [-0.05, 0) is 18.2 Å². The van der Waals surface area contributed by atoms with Crippen molar-refractivity contribution in [3.63, 3.8) is 0 Å². The summed E-state index contributed by atoms with van der Waals surface area (Å²) in [6, 6.07) is 3.81. The van der Waals surface area contributed by atoms with Crippen molar-refractivity contribution in [1.82, 2.24) is 9.03 Å². The maximum atomic E-state index is 13.0. The molecule has 2 aromatic rings. The molecule has 0 saturated carbocycles. The molecule has 40 heavy (non-hydrogen) atoms. The van der Waals surface area contributed by atoms with Gasteiger partial charge in [0.25, 0.3) is 5.69 Å². The molecule has 224 valence electrons. The zero-order chi connectivity index (χ0) is 30.5. The number of halogens is 6. The first-order valence-corrected chi connectivity index (χ1v) is 14.2. The van der Waals surface area contributed by atoms with Crippen LogP contribution in [-0.4, -0.2) is 64.5 Å². The Morgan fingerprint density at radius 1 is 0.900 bits per heavy atom. The molecule has 0 aliphatic heterocycles. The molecule has 0 aliphatic rings. The van der Waals surface area contributed by atoms with Crippen LogP contribution in [0.1, 0.15) is 11.1 Å². The Kier molecular flexibility index (Phi) is 10.2. The highest BCUT2D eigenvalue weighted by molar-refractivity contribution is 7.92. The van der Waals surface area contributed by atoms with Crippen LogP contribution in [0.5, 0.6) is 11.5 Å². The number of nitrogens with zero attached hydrogens (tertiary/aromatic N) is 2. The van der Waals surface area contributed by atoms with Crippen molar-refractivity contribution >= 4 is 31.4 Å². The van der Waals surface area contributed by atoms with Crippen molar-refractivity contribution in [3.8, 4) is 11.5 Å². The van der Waals surface area contributed by atoms with E-state index in [2.05, 4.69) is 0 Å². The number of anilines is 1. The number of nitrogens with one attached hydrogen (secondary N) is 1. The van der Waals surface area contributed by atoms with Crippen LogP contribution in [0.2, 0.25) is 0 Å². The van der Waals surface area contributed by atoms with Crippen molar-refractivity contribution in [1.29, 1.82) is 0 Å². The molecule has 0 radical (unpaired) electrons. The van der Waals surface area contributed by atoms with Gasteiger partial charge in [-0.3, -0.25) is 10.1 Å². The summed E-state index contributed by atoms with van der Waals surface area (Å²) in [5.74, 6) is -2.05. The Hall–Kier alpha value is -3.36. The lowest BCUT2D eigenvalue weighted by atomic mass is 10.2. The molecule has 3 N–H and O–H groups in total. The van der Waals surface area contributed by atoms with Gasteiger partial charge >= 0.3 is 12.4 Å². The number of nitrogen functional groups attached to an aromatic ring is 1. The second-order valence-electron chi connectivity index (χ2n) is 8.03. The Labute approximate surface area is 223 Å². The molecule has 0 fully saturated rings. The third-order valence-corrected chi connectivity index (χ3v) is 7.48. The zero-order valence-electron chi connectivity index (χ0n) is 20.3. The van der Waals surface area contributed by atoms with Crippen LogP contribution in [0, 0.1) is 10.1 Å². The van der Waals surface area contributed by atoms with E-state index in [4.69, 9.17) is 15.2 Å².